The number of hydroxylamine groups is 1. The Balaban J connectivity index is 2.29. The standard InChI is InChI=1S/C40H68N6O8/c1-13-26(6)35(45(10)40(51)33(24(2)3)42-39(50)34(25(4)5)44(8)9)31(53-11)23-32(47)46-21-17-20-30(46)36(54-12)27(7)37(48)41-29(38(49)43-52)22-28-18-15-14-16-19-28/h14-16,18-19,24-27,29-31,33-36,52H,13,17,20-23H2,1-12H3,(H,41,48)(H,42,50)(H,43,49)/t26-,27+,29-,30-,31+,33-,34?,35-,36+/m0/s1. The van der Waals surface area contributed by atoms with Crippen molar-refractivity contribution in [1.82, 2.24) is 30.8 Å². The van der Waals surface area contributed by atoms with Crippen molar-refractivity contribution >= 4 is 29.5 Å². The van der Waals surface area contributed by atoms with Crippen molar-refractivity contribution in [1.29, 1.82) is 0 Å². The molecule has 54 heavy (non-hydrogen) atoms. The van der Waals surface area contributed by atoms with Crippen LogP contribution < -0.4 is 16.1 Å². The van der Waals surface area contributed by atoms with Crippen molar-refractivity contribution in [2.75, 3.05) is 41.9 Å². The Labute approximate surface area is 323 Å². The van der Waals surface area contributed by atoms with Gasteiger partial charge in [-0.1, -0.05) is 85.2 Å². The van der Waals surface area contributed by atoms with Crippen LogP contribution in [0.25, 0.3) is 0 Å². The molecule has 14 heteroatoms. The summed E-state index contributed by atoms with van der Waals surface area (Å²) >= 11 is 0. The molecular formula is C40H68N6O8. The summed E-state index contributed by atoms with van der Waals surface area (Å²) in [6.07, 6.45) is 0.846. The molecule has 0 bridgehead atoms. The minimum absolute atomic E-state index is 0.0127. The number of benzene rings is 1. The summed E-state index contributed by atoms with van der Waals surface area (Å²) in [5.74, 6) is -2.80. The molecule has 1 aliphatic rings. The lowest BCUT2D eigenvalue weighted by atomic mass is 9.89. The van der Waals surface area contributed by atoms with Gasteiger partial charge in [0.15, 0.2) is 0 Å². The summed E-state index contributed by atoms with van der Waals surface area (Å²) in [4.78, 5) is 73.2. The van der Waals surface area contributed by atoms with Crippen LogP contribution in [0.4, 0.5) is 0 Å². The Bertz CT molecular complexity index is 1350. The van der Waals surface area contributed by atoms with E-state index in [2.05, 4.69) is 10.6 Å². The fourth-order valence-electron chi connectivity index (χ4n) is 7.85. The maximum absolute atomic E-state index is 14.2. The lowest BCUT2D eigenvalue weighted by Gasteiger charge is -2.41. The fourth-order valence-corrected chi connectivity index (χ4v) is 7.85. The van der Waals surface area contributed by atoms with E-state index < -0.39 is 60.1 Å². The molecule has 2 rings (SSSR count). The zero-order valence-electron chi connectivity index (χ0n) is 34.6. The molecule has 0 saturated carbocycles. The first-order chi connectivity index (χ1) is 25.4. The molecule has 0 spiro atoms. The highest BCUT2D eigenvalue weighted by atomic mass is 16.5. The van der Waals surface area contributed by atoms with Crippen LogP contribution in [0.3, 0.4) is 0 Å². The topological polar surface area (TPSA) is 170 Å². The van der Waals surface area contributed by atoms with E-state index in [4.69, 9.17) is 9.47 Å². The first kappa shape index (κ1) is 46.6. The number of methoxy groups -OCH3 is 2. The highest BCUT2D eigenvalue weighted by molar-refractivity contribution is 5.90. The maximum atomic E-state index is 14.2. The summed E-state index contributed by atoms with van der Waals surface area (Å²) in [5, 5.41) is 15.2. The molecule has 1 fully saturated rings. The number of likely N-dealkylation sites (tertiary alicyclic amines) is 1. The maximum Gasteiger partial charge on any atom is 0.266 e. The monoisotopic (exact) mass is 761 g/mol. The number of likely N-dealkylation sites (N-methyl/N-ethyl adjacent to an activating group) is 2. The van der Waals surface area contributed by atoms with E-state index in [1.54, 1.807) is 29.3 Å². The van der Waals surface area contributed by atoms with Gasteiger partial charge in [-0.15, -0.1) is 0 Å². The average molecular weight is 761 g/mol. The predicted molar refractivity (Wildman–Crippen MR) is 207 cm³/mol. The van der Waals surface area contributed by atoms with E-state index in [0.717, 1.165) is 12.0 Å². The summed E-state index contributed by atoms with van der Waals surface area (Å²) in [6.45, 7) is 14.0. The second-order valence-corrected chi connectivity index (χ2v) is 15.7. The van der Waals surface area contributed by atoms with Crippen molar-refractivity contribution in [3.05, 3.63) is 35.9 Å². The van der Waals surface area contributed by atoms with Gasteiger partial charge < -0.3 is 29.9 Å². The molecule has 0 aromatic heterocycles. The first-order valence-electron chi connectivity index (χ1n) is 19.3. The molecule has 14 nitrogen and oxygen atoms in total. The molecule has 1 aliphatic heterocycles. The number of hydrogen-bond donors (Lipinski definition) is 4. The third kappa shape index (κ3) is 12.2. The Hall–Kier alpha value is -3.59. The van der Waals surface area contributed by atoms with Crippen LogP contribution in [0.5, 0.6) is 0 Å². The van der Waals surface area contributed by atoms with Crippen LogP contribution >= 0.6 is 0 Å². The van der Waals surface area contributed by atoms with Gasteiger partial charge in [-0.05, 0) is 50.3 Å². The minimum atomic E-state index is -1.03. The number of nitrogens with one attached hydrogen (secondary N) is 3. The zero-order valence-corrected chi connectivity index (χ0v) is 34.6. The summed E-state index contributed by atoms with van der Waals surface area (Å²) in [5.41, 5.74) is 2.45. The summed E-state index contributed by atoms with van der Waals surface area (Å²) in [6, 6.07) is 6.03. The first-order valence-corrected chi connectivity index (χ1v) is 19.3. The van der Waals surface area contributed by atoms with Crippen molar-refractivity contribution in [2.45, 2.75) is 123 Å². The lowest BCUT2D eigenvalue weighted by Crippen LogP contribution is -2.59. The van der Waals surface area contributed by atoms with Crippen molar-refractivity contribution < 1.29 is 38.7 Å². The van der Waals surface area contributed by atoms with Crippen LogP contribution in [0.1, 0.15) is 79.7 Å². The lowest BCUT2D eigenvalue weighted by molar-refractivity contribution is -0.148. The fraction of sp³-hybridized carbons (Fsp3) is 0.725. The van der Waals surface area contributed by atoms with Crippen molar-refractivity contribution in [2.24, 2.45) is 23.7 Å². The Morgan fingerprint density at radius 2 is 1.52 bits per heavy atom. The van der Waals surface area contributed by atoms with Gasteiger partial charge in [0, 0.05) is 34.2 Å². The number of ether oxygens (including phenoxy) is 2. The van der Waals surface area contributed by atoms with Crippen LogP contribution in [0.15, 0.2) is 30.3 Å². The van der Waals surface area contributed by atoms with E-state index in [9.17, 15) is 29.2 Å². The van der Waals surface area contributed by atoms with Gasteiger partial charge >= 0.3 is 0 Å². The highest BCUT2D eigenvalue weighted by Gasteiger charge is 2.43. The summed E-state index contributed by atoms with van der Waals surface area (Å²) < 4.78 is 11.9. The number of carbonyl (C=O) groups excluding carboxylic acids is 5. The molecular weight excluding hydrogens is 692 g/mol. The number of hydrogen-bond acceptors (Lipinski definition) is 9. The van der Waals surface area contributed by atoms with E-state index in [0.29, 0.717) is 19.4 Å². The van der Waals surface area contributed by atoms with E-state index >= 15 is 0 Å². The molecule has 5 amide bonds. The van der Waals surface area contributed by atoms with Crippen molar-refractivity contribution in [3.63, 3.8) is 0 Å². The smallest absolute Gasteiger partial charge is 0.266 e. The zero-order chi connectivity index (χ0) is 40.9. The van der Waals surface area contributed by atoms with Crippen LogP contribution in [-0.2, 0) is 39.9 Å². The van der Waals surface area contributed by atoms with Gasteiger partial charge in [-0.3, -0.25) is 34.1 Å². The van der Waals surface area contributed by atoms with Gasteiger partial charge in [0.05, 0.1) is 42.7 Å². The molecule has 306 valence electrons. The van der Waals surface area contributed by atoms with Crippen LogP contribution in [-0.4, -0.2) is 134 Å². The Morgan fingerprint density at radius 1 is 0.889 bits per heavy atom. The van der Waals surface area contributed by atoms with Gasteiger partial charge in [0.1, 0.15) is 12.1 Å². The Morgan fingerprint density at radius 3 is 2.02 bits per heavy atom. The van der Waals surface area contributed by atoms with Gasteiger partial charge in [-0.25, -0.2) is 5.48 Å². The quantitative estimate of drug-likeness (QED) is 0.109. The molecule has 1 aromatic carbocycles. The Kier molecular flexibility index (Phi) is 19.0. The largest absolute Gasteiger partial charge is 0.379 e. The molecule has 1 unspecified atom stereocenters. The van der Waals surface area contributed by atoms with Crippen LogP contribution in [0, 0.1) is 23.7 Å². The normalized spacial score (nSPS) is 19.0. The SMILES string of the molecule is CC[C@H](C)[C@@H]([C@@H](CC(=O)N1CCC[C@H]1[C@H](OC)[C@@H](C)C(=O)N[C@@H](Cc1ccccc1)C(=O)NO)OC)N(C)C(=O)[C@@H](NC(=O)C(C(C)C)N(C)C)C(C)C. The third-order valence-electron chi connectivity index (χ3n) is 11.0. The molecule has 0 aliphatic carbocycles. The number of nitrogens with zero attached hydrogens (tertiary/aromatic N) is 3. The molecule has 0 radical (unpaired) electrons. The molecule has 1 saturated heterocycles. The number of amides is 5. The molecule has 4 N–H and O–H groups in total. The second kappa shape index (κ2) is 22.1. The van der Waals surface area contributed by atoms with Gasteiger partial charge in [-0.2, -0.15) is 0 Å². The highest BCUT2D eigenvalue weighted by Crippen LogP contribution is 2.30. The van der Waals surface area contributed by atoms with Gasteiger partial charge in [0.25, 0.3) is 5.91 Å². The molecule has 1 heterocycles. The summed E-state index contributed by atoms with van der Waals surface area (Å²) in [7, 11) is 8.45. The second-order valence-electron chi connectivity index (χ2n) is 15.7. The third-order valence-corrected chi connectivity index (χ3v) is 11.0. The van der Waals surface area contributed by atoms with Gasteiger partial charge in [0.2, 0.25) is 23.6 Å². The van der Waals surface area contributed by atoms with Crippen LogP contribution in [0.2, 0.25) is 0 Å². The molecule has 1 aromatic rings. The number of carbonyl (C=O) groups is 5. The number of rotatable bonds is 21. The predicted octanol–water partition coefficient (Wildman–Crippen LogP) is 2.87. The van der Waals surface area contributed by atoms with E-state index in [1.165, 1.54) is 14.2 Å². The van der Waals surface area contributed by atoms with E-state index in [1.807, 2.05) is 90.9 Å². The minimum Gasteiger partial charge on any atom is -0.379 e. The van der Waals surface area contributed by atoms with Crippen molar-refractivity contribution in [3.8, 4) is 0 Å². The van der Waals surface area contributed by atoms with E-state index in [-0.39, 0.29) is 48.3 Å². The average Bonchev–Trinajstić information content (AvgIpc) is 3.62. The molecule has 9 atom stereocenters.